The first-order chi connectivity index (χ1) is 18.9. The van der Waals surface area contributed by atoms with Crippen LogP contribution in [0.25, 0.3) is 0 Å². The second-order valence-corrected chi connectivity index (χ2v) is 13.6. The summed E-state index contributed by atoms with van der Waals surface area (Å²) in [6.07, 6.45) is 1.07. The van der Waals surface area contributed by atoms with Crippen LogP contribution in [0.4, 0.5) is 11.4 Å². The zero-order valence-corrected chi connectivity index (χ0v) is 25.9. The number of phenolic OH excluding ortho intramolecular Hbond substituents is 1. The quantitative estimate of drug-likeness (QED) is 0.144. The molecule has 0 saturated carbocycles. The lowest BCUT2D eigenvalue weighted by molar-refractivity contribution is -0.115. The van der Waals surface area contributed by atoms with Gasteiger partial charge in [0.1, 0.15) is 11.0 Å². The Morgan fingerprint density at radius 3 is 2.15 bits per heavy atom. The third-order valence-electron chi connectivity index (χ3n) is 6.19. The molecule has 214 valence electrons. The van der Waals surface area contributed by atoms with Crippen LogP contribution in [0.1, 0.15) is 44.0 Å². The van der Waals surface area contributed by atoms with Crippen LogP contribution in [0.15, 0.2) is 64.4 Å². The van der Waals surface area contributed by atoms with E-state index >= 15 is 0 Å². The number of carbonyl (C=O) groups excluding carboxylic acids is 2. The summed E-state index contributed by atoms with van der Waals surface area (Å²) in [4.78, 5) is 26.6. The molecule has 2 amide bonds. The number of rotatable bonds is 11. The van der Waals surface area contributed by atoms with Gasteiger partial charge in [-0.1, -0.05) is 62.0 Å². The molecule has 3 aromatic carbocycles. The molecule has 0 fully saturated rings. The van der Waals surface area contributed by atoms with E-state index in [-0.39, 0.29) is 43.3 Å². The second kappa shape index (κ2) is 14.0. The number of sulfone groups is 1. The Morgan fingerprint density at radius 2 is 1.55 bits per heavy atom. The predicted octanol–water partition coefficient (Wildman–Crippen LogP) is 7.93. The molecule has 3 rings (SSSR count). The Morgan fingerprint density at radius 1 is 0.875 bits per heavy atom. The minimum absolute atomic E-state index is 0.0119. The van der Waals surface area contributed by atoms with E-state index in [0.717, 1.165) is 23.1 Å². The number of benzene rings is 3. The van der Waals surface area contributed by atoms with E-state index in [0.29, 0.717) is 5.92 Å². The minimum atomic E-state index is -4.01. The molecule has 0 aliphatic heterocycles. The summed E-state index contributed by atoms with van der Waals surface area (Å²) in [7, 11) is -4.01. The first-order valence-corrected chi connectivity index (χ1v) is 16.1. The van der Waals surface area contributed by atoms with Crippen molar-refractivity contribution in [1.82, 2.24) is 0 Å². The van der Waals surface area contributed by atoms with Gasteiger partial charge in [0.15, 0.2) is 9.84 Å². The lowest BCUT2D eigenvalue weighted by Crippen LogP contribution is -2.34. The molecule has 0 bridgehead atoms. The standard InChI is InChI=1S/C28H29Cl3N2O5S2/c1-4-16(3)15-39-18-7-9-19(10-8-18)40(37,38)26(5-2)28(36)32-23-14-25(34)24(13-22(23)31)33-27(35)17-6-11-20(29)21(30)12-17/h6-14,16,26,34H,4-5,15H2,1-3H3,(H,32,36)(H,33,35). The lowest BCUT2D eigenvalue weighted by Gasteiger charge is -2.18. The van der Waals surface area contributed by atoms with Gasteiger partial charge >= 0.3 is 0 Å². The molecule has 12 heteroatoms. The van der Waals surface area contributed by atoms with E-state index in [1.807, 2.05) is 0 Å². The average Bonchev–Trinajstić information content (AvgIpc) is 2.92. The van der Waals surface area contributed by atoms with Crippen molar-refractivity contribution in [2.24, 2.45) is 5.92 Å². The maximum Gasteiger partial charge on any atom is 0.255 e. The SMILES string of the molecule is CCC(C)CSc1ccc(S(=O)(=O)C(CC)C(=O)Nc2cc(O)c(NC(=O)c3ccc(Cl)c(Cl)c3)cc2Cl)cc1. The smallest absolute Gasteiger partial charge is 0.255 e. The van der Waals surface area contributed by atoms with E-state index in [4.69, 9.17) is 34.8 Å². The fourth-order valence-corrected chi connectivity index (χ4v) is 6.77. The van der Waals surface area contributed by atoms with Gasteiger partial charge in [-0.05, 0) is 60.9 Å². The number of nitrogens with one attached hydrogen (secondary N) is 2. The van der Waals surface area contributed by atoms with Gasteiger partial charge < -0.3 is 15.7 Å². The average molecular weight is 644 g/mol. The molecule has 0 spiro atoms. The lowest BCUT2D eigenvalue weighted by atomic mass is 10.2. The Kier molecular flexibility index (Phi) is 11.2. The molecule has 0 heterocycles. The number of halogens is 3. The highest BCUT2D eigenvalue weighted by molar-refractivity contribution is 7.99. The van der Waals surface area contributed by atoms with Crippen molar-refractivity contribution in [3.8, 4) is 5.75 Å². The van der Waals surface area contributed by atoms with Crippen LogP contribution in [0.2, 0.25) is 15.1 Å². The number of aromatic hydroxyl groups is 1. The number of amides is 2. The summed E-state index contributed by atoms with van der Waals surface area (Å²) >= 11 is 19.8. The van der Waals surface area contributed by atoms with Crippen LogP contribution in [0, 0.1) is 5.92 Å². The Balaban J connectivity index is 1.74. The van der Waals surface area contributed by atoms with E-state index in [1.54, 1.807) is 30.8 Å². The topological polar surface area (TPSA) is 113 Å². The molecule has 3 N–H and O–H groups in total. The highest BCUT2D eigenvalue weighted by atomic mass is 35.5. The molecular weight excluding hydrogens is 615 g/mol. The monoisotopic (exact) mass is 642 g/mol. The first kappa shape index (κ1) is 32.1. The van der Waals surface area contributed by atoms with Crippen LogP contribution < -0.4 is 10.6 Å². The number of phenols is 1. The predicted molar refractivity (Wildman–Crippen MR) is 164 cm³/mol. The van der Waals surface area contributed by atoms with Gasteiger partial charge in [-0.2, -0.15) is 0 Å². The van der Waals surface area contributed by atoms with E-state index < -0.39 is 32.7 Å². The van der Waals surface area contributed by atoms with Gasteiger partial charge in [0.2, 0.25) is 5.91 Å². The summed E-state index contributed by atoms with van der Waals surface area (Å²) in [6, 6.07) is 13.2. The maximum atomic E-state index is 13.3. The molecule has 0 saturated heterocycles. The number of hydrogen-bond donors (Lipinski definition) is 3. The van der Waals surface area contributed by atoms with Crippen LogP contribution in [-0.2, 0) is 14.6 Å². The molecule has 0 aliphatic carbocycles. The molecular formula is C28H29Cl3N2O5S2. The van der Waals surface area contributed by atoms with Gasteiger partial charge in [0.25, 0.3) is 5.91 Å². The molecule has 3 aromatic rings. The first-order valence-electron chi connectivity index (χ1n) is 12.4. The molecule has 40 heavy (non-hydrogen) atoms. The third kappa shape index (κ3) is 7.85. The Bertz CT molecular complexity index is 1500. The Hall–Kier alpha value is -2.43. The molecule has 2 atom stereocenters. The number of anilines is 2. The molecule has 7 nitrogen and oxygen atoms in total. The van der Waals surface area contributed by atoms with Crippen LogP contribution in [0.5, 0.6) is 5.75 Å². The largest absolute Gasteiger partial charge is 0.506 e. The van der Waals surface area contributed by atoms with Crippen LogP contribution in [0.3, 0.4) is 0 Å². The summed E-state index contributed by atoms with van der Waals surface area (Å²) in [5, 5.41) is 14.5. The highest BCUT2D eigenvalue weighted by Gasteiger charge is 2.33. The minimum Gasteiger partial charge on any atom is -0.506 e. The van der Waals surface area contributed by atoms with Crippen molar-refractivity contribution in [2.45, 2.75) is 48.7 Å². The van der Waals surface area contributed by atoms with Gasteiger partial charge in [-0.15, -0.1) is 11.8 Å². The van der Waals surface area contributed by atoms with Gasteiger partial charge in [-0.3, -0.25) is 9.59 Å². The van der Waals surface area contributed by atoms with Crippen LogP contribution >= 0.6 is 46.6 Å². The highest BCUT2D eigenvalue weighted by Crippen LogP contribution is 2.35. The van der Waals surface area contributed by atoms with Crippen molar-refractivity contribution in [3.63, 3.8) is 0 Å². The van der Waals surface area contributed by atoms with Crippen molar-refractivity contribution in [2.75, 3.05) is 16.4 Å². The van der Waals surface area contributed by atoms with E-state index in [1.165, 1.54) is 36.4 Å². The maximum absolute atomic E-state index is 13.3. The summed E-state index contributed by atoms with van der Waals surface area (Å²) < 4.78 is 26.6. The van der Waals surface area contributed by atoms with Crippen molar-refractivity contribution in [3.05, 3.63) is 75.2 Å². The second-order valence-electron chi connectivity index (χ2n) is 9.16. The third-order valence-corrected chi connectivity index (χ3v) is 10.8. The van der Waals surface area contributed by atoms with Gasteiger partial charge in [0, 0.05) is 22.3 Å². The number of hydrogen-bond acceptors (Lipinski definition) is 6. The fourth-order valence-electron chi connectivity index (χ4n) is 3.59. The zero-order chi connectivity index (χ0) is 29.6. The van der Waals surface area contributed by atoms with Crippen molar-refractivity contribution >= 4 is 79.6 Å². The summed E-state index contributed by atoms with van der Waals surface area (Å²) in [5.41, 5.74) is 0.160. The van der Waals surface area contributed by atoms with E-state index in [9.17, 15) is 23.1 Å². The zero-order valence-electron chi connectivity index (χ0n) is 22.0. The normalized spacial score (nSPS) is 12.9. The fraction of sp³-hybridized carbons (Fsp3) is 0.286. The number of carbonyl (C=O) groups is 2. The van der Waals surface area contributed by atoms with Gasteiger partial charge in [0.05, 0.1) is 31.3 Å². The van der Waals surface area contributed by atoms with E-state index in [2.05, 4.69) is 24.5 Å². The molecule has 0 radical (unpaired) electrons. The summed E-state index contributed by atoms with van der Waals surface area (Å²) in [5.74, 6) is -0.307. The number of thioether (sulfide) groups is 1. The molecule has 0 aromatic heterocycles. The molecule has 0 aliphatic rings. The van der Waals surface area contributed by atoms with Crippen LogP contribution in [-0.4, -0.2) is 36.3 Å². The van der Waals surface area contributed by atoms with Crippen molar-refractivity contribution < 1.29 is 23.1 Å². The van der Waals surface area contributed by atoms with Gasteiger partial charge in [-0.25, -0.2) is 8.42 Å². The summed E-state index contributed by atoms with van der Waals surface area (Å²) in [6.45, 7) is 5.87. The molecule has 2 unspecified atom stereocenters. The van der Waals surface area contributed by atoms with Crippen molar-refractivity contribution in [1.29, 1.82) is 0 Å². The Labute approximate surface area is 253 Å².